The fourth-order valence-electron chi connectivity index (χ4n) is 1.10. The van der Waals surface area contributed by atoms with Gasteiger partial charge in [-0.25, -0.2) is 0 Å². The van der Waals surface area contributed by atoms with E-state index >= 15 is 0 Å². The maximum Gasteiger partial charge on any atom is 0.0412 e. The van der Waals surface area contributed by atoms with E-state index in [1.165, 1.54) is 5.56 Å². The zero-order valence-electron chi connectivity index (χ0n) is 7.56. The second-order valence-corrected chi connectivity index (χ2v) is 3.20. The molecule has 12 heavy (non-hydrogen) atoms. The molecule has 0 radical (unpaired) electrons. The Morgan fingerprint density at radius 1 is 1.42 bits per heavy atom. The van der Waals surface area contributed by atoms with Crippen molar-refractivity contribution in [1.29, 1.82) is 0 Å². The molecule has 0 aliphatic carbocycles. The summed E-state index contributed by atoms with van der Waals surface area (Å²) in [5.74, 6) is 0. The van der Waals surface area contributed by atoms with Gasteiger partial charge in [-0.05, 0) is 37.1 Å². The minimum atomic E-state index is 0.763. The predicted molar refractivity (Wildman–Crippen MR) is 54.3 cm³/mol. The Kier molecular flexibility index (Phi) is 2.88. The Bertz CT molecular complexity index is 316. The van der Waals surface area contributed by atoms with Crippen molar-refractivity contribution in [2.45, 2.75) is 13.8 Å². The molecule has 0 aliphatic rings. The summed E-state index contributed by atoms with van der Waals surface area (Å²) in [5, 5.41) is 0.763. The maximum absolute atomic E-state index is 5.86. The Morgan fingerprint density at radius 2 is 2.08 bits per heavy atom. The van der Waals surface area contributed by atoms with Gasteiger partial charge in [0.25, 0.3) is 0 Å². The van der Waals surface area contributed by atoms with Crippen LogP contribution >= 0.6 is 11.6 Å². The van der Waals surface area contributed by atoms with Gasteiger partial charge in [0.2, 0.25) is 0 Å². The number of hydrogen-bond donors (Lipinski definition) is 0. The molecule has 0 spiro atoms. The third kappa shape index (κ3) is 1.86. The van der Waals surface area contributed by atoms with Crippen LogP contribution in [-0.4, -0.2) is 12.8 Å². The molecule has 0 saturated carbocycles. The van der Waals surface area contributed by atoms with Gasteiger partial charge in [0.15, 0.2) is 0 Å². The first-order valence-electron chi connectivity index (χ1n) is 3.85. The van der Waals surface area contributed by atoms with Crippen LogP contribution in [0, 0.1) is 6.92 Å². The van der Waals surface area contributed by atoms with Gasteiger partial charge in [0.1, 0.15) is 0 Å². The van der Waals surface area contributed by atoms with Crippen molar-refractivity contribution in [2.75, 3.05) is 7.05 Å². The quantitative estimate of drug-likeness (QED) is 0.591. The number of aliphatic imine (C=N–C) groups is 1. The molecule has 1 aromatic carbocycles. The van der Waals surface area contributed by atoms with Crippen LogP contribution in [0.3, 0.4) is 0 Å². The topological polar surface area (TPSA) is 12.4 Å². The third-order valence-corrected chi connectivity index (χ3v) is 2.16. The van der Waals surface area contributed by atoms with E-state index in [-0.39, 0.29) is 0 Å². The van der Waals surface area contributed by atoms with Crippen molar-refractivity contribution in [3.05, 3.63) is 34.3 Å². The molecule has 0 bridgehead atoms. The van der Waals surface area contributed by atoms with E-state index in [1.807, 2.05) is 25.1 Å². The van der Waals surface area contributed by atoms with Gasteiger partial charge in [-0.3, -0.25) is 4.99 Å². The number of rotatable bonds is 1. The van der Waals surface area contributed by atoms with E-state index in [2.05, 4.69) is 11.9 Å². The predicted octanol–water partition coefficient (Wildman–Crippen LogP) is 3.09. The second kappa shape index (κ2) is 3.72. The second-order valence-electron chi connectivity index (χ2n) is 2.77. The molecule has 0 N–H and O–H groups in total. The molecule has 0 fully saturated rings. The van der Waals surface area contributed by atoms with E-state index in [9.17, 15) is 0 Å². The minimum absolute atomic E-state index is 0.763. The van der Waals surface area contributed by atoms with E-state index in [0.29, 0.717) is 0 Å². The van der Waals surface area contributed by atoms with Gasteiger partial charge in [0, 0.05) is 17.8 Å². The van der Waals surface area contributed by atoms with Crippen LogP contribution < -0.4 is 0 Å². The zero-order chi connectivity index (χ0) is 9.14. The average molecular weight is 182 g/mol. The van der Waals surface area contributed by atoms with Gasteiger partial charge in [-0.1, -0.05) is 17.7 Å². The molecular formula is C10H12ClN. The summed E-state index contributed by atoms with van der Waals surface area (Å²) in [6.45, 7) is 4.04. The fraction of sp³-hybridized carbons (Fsp3) is 0.300. The first-order chi connectivity index (χ1) is 5.65. The number of nitrogens with zero attached hydrogens (tertiary/aromatic N) is 1. The molecule has 1 rings (SSSR count). The molecule has 0 amide bonds. The van der Waals surface area contributed by atoms with Crippen LogP contribution in [-0.2, 0) is 0 Å². The largest absolute Gasteiger partial charge is 0.293 e. The minimum Gasteiger partial charge on any atom is -0.293 e. The van der Waals surface area contributed by atoms with Crippen LogP contribution in [0.5, 0.6) is 0 Å². The molecule has 0 aromatic heterocycles. The van der Waals surface area contributed by atoms with Crippen LogP contribution in [0.4, 0.5) is 0 Å². The van der Waals surface area contributed by atoms with Gasteiger partial charge in [0.05, 0.1) is 0 Å². The Hall–Kier alpha value is -0.820. The SMILES string of the molecule is CN=C(C)c1cc(Cl)ccc1C. The van der Waals surface area contributed by atoms with Gasteiger partial charge in [-0.15, -0.1) is 0 Å². The Balaban J connectivity index is 3.23. The molecule has 2 heteroatoms. The van der Waals surface area contributed by atoms with Gasteiger partial charge < -0.3 is 0 Å². The number of hydrogen-bond acceptors (Lipinski definition) is 1. The summed E-state index contributed by atoms with van der Waals surface area (Å²) in [6, 6.07) is 5.84. The molecule has 1 nitrogen and oxygen atoms in total. The maximum atomic E-state index is 5.86. The number of halogens is 1. The van der Waals surface area contributed by atoms with E-state index in [4.69, 9.17) is 11.6 Å². The van der Waals surface area contributed by atoms with Crippen molar-refractivity contribution in [1.82, 2.24) is 0 Å². The van der Waals surface area contributed by atoms with Crippen molar-refractivity contribution in [3.8, 4) is 0 Å². The Morgan fingerprint density at radius 3 is 2.67 bits per heavy atom. The highest BCUT2D eigenvalue weighted by molar-refractivity contribution is 6.31. The molecule has 64 valence electrons. The lowest BCUT2D eigenvalue weighted by molar-refractivity contribution is 1.37. The zero-order valence-corrected chi connectivity index (χ0v) is 8.31. The fourth-order valence-corrected chi connectivity index (χ4v) is 1.28. The highest BCUT2D eigenvalue weighted by Crippen LogP contribution is 2.15. The third-order valence-electron chi connectivity index (χ3n) is 1.92. The van der Waals surface area contributed by atoms with E-state index in [1.54, 1.807) is 7.05 Å². The van der Waals surface area contributed by atoms with Crippen LogP contribution in [0.1, 0.15) is 18.1 Å². The summed E-state index contributed by atoms with van der Waals surface area (Å²) in [4.78, 5) is 4.12. The van der Waals surface area contributed by atoms with Gasteiger partial charge in [-0.2, -0.15) is 0 Å². The van der Waals surface area contributed by atoms with Crippen molar-refractivity contribution >= 4 is 17.3 Å². The van der Waals surface area contributed by atoms with Crippen LogP contribution in [0.2, 0.25) is 5.02 Å². The average Bonchev–Trinajstić information content (AvgIpc) is 2.08. The lowest BCUT2D eigenvalue weighted by Crippen LogP contribution is -1.97. The monoisotopic (exact) mass is 181 g/mol. The first-order valence-corrected chi connectivity index (χ1v) is 4.23. The highest BCUT2D eigenvalue weighted by atomic mass is 35.5. The molecule has 0 heterocycles. The molecule has 1 aromatic rings. The van der Waals surface area contributed by atoms with Crippen molar-refractivity contribution in [3.63, 3.8) is 0 Å². The molecule has 0 unspecified atom stereocenters. The number of aryl methyl sites for hydroxylation is 1. The summed E-state index contributed by atoms with van der Waals surface area (Å²) in [7, 11) is 1.79. The lowest BCUT2D eigenvalue weighted by atomic mass is 10.1. The van der Waals surface area contributed by atoms with Crippen LogP contribution in [0.25, 0.3) is 0 Å². The summed E-state index contributed by atoms with van der Waals surface area (Å²) < 4.78 is 0. The van der Waals surface area contributed by atoms with Crippen molar-refractivity contribution in [2.24, 2.45) is 4.99 Å². The smallest absolute Gasteiger partial charge is 0.0412 e. The number of benzene rings is 1. The molecule has 0 saturated heterocycles. The summed E-state index contributed by atoms with van der Waals surface area (Å²) in [5.41, 5.74) is 3.36. The first kappa shape index (κ1) is 9.27. The van der Waals surface area contributed by atoms with Crippen LogP contribution in [0.15, 0.2) is 23.2 Å². The van der Waals surface area contributed by atoms with Crippen molar-refractivity contribution < 1.29 is 0 Å². The highest BCUT2D eigenvalue weighted by Gasteiger charge is 2.01. The summed E-state index contributed by atoms with van der Waals surface area (Å²) in [6.07, 6.45) is 0. The normalized spacial score (nSPS) is 11.8. The molecular weight excluding hydrogens is 170 g/mol. The Labute approximate surface area is 78.1 Å². The standard InChI is InChI=1S/C10H12ClN/c1-7-4-5-9(11)6-10(7)8(2)12-3/h4-6H,1-3H3. The molecule has 0 atom stereocenters. The lowest BCUT2D eigenvalue weighted by Gasteiger charge is -2.04. The van der Waals surface area contributed by atoms with Gasteiger partial charge >= 0.3 is 0 Å². The van der Waals surface area contributed by atoms with E-state index in [0.717, 1.165) is 16.3 Å². The summed E-state index contributed by atoms with van der Waals surface area (Å²) >= 11 is 5.86. The molecule has 0 aliphatic heterocycles. The van der Waals surface area contributed by atoms with E-state index < -0.39 is 0 Å².